The molecule has 2 rings (SSSR count). The van der Waals surface area contributed by atoms with Gasteiger partial charge < -0.3 is 10.1 Å². The summed E-state index contributed by atoms with van der Waals surface area (Å²) < 4.78 is 66.0. The van der Waals surface area contributed by atoms with E-state index in [4.69, 9.17) is 0 Å². The topological polar surface area (TPSA) is 75.7 Å². The first kappa shape index (κ1) is 22.5. The van der Waals surface area contributed by atoms with Crippen LogP contribution < -0.4 is 14.4 Å². The molecule has 2 aromatic rings. The van der Waals surface area contributed by atoms with Crippen molar-refractivity contribution in [2.24, 2.45) is 0 Å². The second-order valence-electron chi connectivity index (χ2n) is 6.32. The number of carbonyl (C=O) groups excluding carboxylic acids is 1. The number of carbonyl (C=O) groups is 1. The number of hydrogen-bond donors (Lipinski definition) is 1. The molecule has 0 aliphatic heterocycles. The van der Waals surface area contributed by atoms with E-state index in [1.165, 1.54) is 19.1 Å². The fourth-order valence-electron chi connectivity index (χ4n) is 2.67. The van der Waals surface area contributed by atoms with Crippen LogP contribution in [0.3, 0.4) is 0 Å². The number of aryl methyl sites for hydroxylation is 1. The Morgan fingerprint density at radius 3 is 2.10 bits per heavy atom. The third-order valence-electron chi connectivity index (χ3n) is 4.04. The van der Waals surface area contributed by atoms with Crippen LogP contribution in [-0.4, -0.2) is 33.0 Å². The molecule has 6 nitrogen and oxygen atoms in total. The number of halogens is 3. The number of benzene rings is 2. The Labute approximate surface area is 167 Å². The van der Waals surface area contributed by atoms with E-state index in [1.807, 2.05) is 6.92 Å². The van der Waals surface area contributed by atoms with Crippen LogP contribution in [0.25, 0.3) is 0 Å². The van der Waals surface area contributed by atoms with E-state index >= 15 is 0 Å². The van der Waals surface area contributed by atoms with E-state index in [-0.39, 0.29) is 5.69 Å². The molecule has 0 fully saturated rings. The lowest BCUT2D eigenvalue weighted by atomic mass is 10.1. The Morgan fingerprint density at radius 1 is 1.10 bits per heavy atom. The largest absolute Gasteiger partial charge is 0.573 e. The first-order valence-corrected chi connectivity index (χ1v) is 10.5. The predicted octanol–water partition coefficient (Wildman–Crippen LogP) is 3.94. The zero-order chi connectivity index (χ0) is 21.8. The fraction of sp³-hybridized carbons (Fsp3) is 0.316. The van der Waals surface area contributed by atoms with Crippen LogP contribution >= 0.6 is 0 Å². The van der Waals surface area contributed by atoms with Gasteiger partial charge in [-0.05, 0) is 55.3 Å². The van der Waals surface area contributed by atoms with Crippen molar-refractivity contribution in [3.05, 3.63) is 54.1 Å². The minimum absolute atomic E-state index is 0.200. The maximum absolute atomic E-state index is 12.6. The highest BCUT2D eigenvalue weighted by Gasteiger charge is 2.31. The van der Waals surface area contributed by atoms with Crippen molar-refractivity contribution in [3.63, 3.8) is 0 Å². The molecule has 1 amide bonds. The standard InChI is InChI=1S/C19H21F3N2O4S/c1-4-14-5-9-16(10-6-14)24(29(3,26)27)13(2)18(25)23-15-7-11-17(12-8-15)28-19(20,21)22/h5-13H,4H2,1-3H3,(H,23,25). The highest BCUT2D eigenvalue weighted by molar-refractivity contribution is 7.92. The first-order valence-electron chi connectivity index (χ1n) is 8.65. The van der Waals surface area contributed by atoms with Gasteiger partial charge in [0.25, 0.3) is 0 Å². The molecule has 0 aromatic heterocycles. The molecule has 158 valence electrons. The van der Waals surface area contributed by atoms with Gasteiger partial charge >= 0.3 is 6.36 Å². The van der Waals surface area contributed by atoms with E-state index in [2.05, 4.69) is 10.1 Å². The molecule has 1 N–H and O–H groups in total. The normalized spacial score (nSPS) is 12.9. The maximum Gasteiger partial charge on any atom is 0.573 e. The van der Waals surface area contributed by atoms with Gasteiger partial charge in [0.2, 0.25) is 15.9 Å². The van der Waals surface area contributed by atoms with Crippen molar-refractivity contribution in [2.75, 3.05) is 15.9 Å². The Morgan fingerprint density at radius 2 is 1.66 bits per heavy atom. The molecule has 0 bridgehead atoms. The van der Waals surface area contributed by atoms with Gasteiger partial charge in [0, 0.05) is 5.69 Å². The zero-order valence-electron chi connectivity index (χ0n) is 16.0. The van der Waals surface area contributed by atoms with Crippen molar-refractivity contribution in [1.29, 1.82) is 0 Å². The van der Waals surface area contributed by atoms with Gasteiger partial charge in [0.15, 0.2) is 0 Å². The quantitative estimate of drug-likeness (QED) is 0.722. The van der Waals surface area contributed by atoms with E-state index < -0.39 is 34.1 Å². The monoisotopic (exact) mass is 430 g/mol. The molecule has 29 heavy (non-hydrogen) atoms. The van der Waals surface area contributed by atoms with E-state index in [1.54, 1.807) is 24.3 Å². The van der Waals surface area contributed by atoms with E-state index in [0.29, 0.717) is 5.69 Å². The minimum atomic E-state index is -4.82. The summed E-state index contributed by atoms with van der Waals surface area (Å²) in [5.74, 6) is -1.07. The Bertz CT molecular complexity index is 943. The molecule has 0 saturated carbocycles. The molecular weight excluding hydrogens is 409 g/mol. The lowest BCUT2D eigenvalue weighted by Crippen LogP contribution is -2.45. The van der Waals surface area contributed by atoms with Gasteiger partial charge in [-0.2, -0.15) is 0 Å². The number of rotatable bonds is 7. The molecule has 0 radical (unpaired) electrons. The van der Waals surface area contributed by atoms with Gasteiger partial charge in [-0.15, -0.1) is 13.2 Å². The maximum atomic E-state index is 12.6. The van der Waals surface area contributed by atoms with Crippen LogP contribution in [0.5, 0.6) is 5.75 Å². The Balaban J connectivity index is 2.18. The molecule has 0 aliphatic carbocycles. The van der Waals surface area contributed by atoms with Crippen molar-refractivity contribution < 1.29 is 31.1 Å². The number of amides is 1. The Hall–Kier alpha value is -2.75. The minimum Gasteiger partial charge on any atom is -0.406 e. The molecule has 0 spiro atoms. The summed E-state index contributed by atoms with van der Waals surface area (Å²) in [4.78, 5) is 12.6. The number of sulfonamides is 1. The van der Waals surface area contributed by atoms with Gasteiger partial charge in [0.1, 0.15) is 11.8 Å². The number of nitrogens with one attached hydrogen (secondary N) is 1. The summed E-state index contributed by atoms with van der Waals surface area (Å²) in [6, 6.07) is 10.2. The van der Waals surface area contributed by atoms with Gasteiger partial charge in [-0.1, -0.05) is 19.1 Å². The molecule has 0 aliphatic rings. The summed E-state index contributed by atoms with van der Waals surface area (Å²) in [5.41, 5.74) is 1.55. The highest BCUT2D eigenvalue weighted by atomic mass is 32.2. The van der Waals surface area contributed by atoms with Crippen LogP contribution in [-0.2, 0) is 21.2 Å². The number of nitrogens with zero attached hydrogens (tertiary/aromatic N) is 1. The van der Waals surface area contributed by atoms with Crippen molar-refractivity contribution in [2.45, 2.75) is 32.7 Å². The highest BCUT2D eigenvalue weighted by Crippen LogP contribution is 2.25. The van der Waals surface area contributed by atoms with E-state index in [9.17, 15) is 26.4 Å². The van der Waals surface area contributed by atoms with Crippen LogP contribution in [0, 0.1) is 0 Å². The van der Waals surface area contributed by atoms with Crippen LogP contribution in [0.2, 0.25) is 0 Å². The number of hydrogen-bond acceptors (Lipinski definition) is 4. The van der Waals surface area contributed by atoms with Gasteiger partial charge in [0.05, 0.1) is 11.9 Å². The SMILES string of the molecule is CCc1ccc(N(C(C)C(=O)Nc2ccc(OC(F)(F)F)cc2)S(C)(=O)=O)cc1. The summed E-state index contributed by atoms with van der Waals surface area (Å²) in [5, 5.41) is 2.49. The number of alkyl halides is 3. The average Bonchev–Trinajstić information content (AvgIpc) is 2.61. The lowest BCUT2D eigenvalue weighted by Gasteiger charge is -2.28. The first-order chi connectivity index (χ1) is 13.4. The van der Waals surface area contributed by atoms with Gasteiger partial charge in [-0.3, -0.25) is 9.10 Å². The second-order valence-corrected chi connectivity index (χ2v) is 8.18. The molecule has 2 aromatic carbocycles. The molecule has 0 heterocycles. The smallest absolute Gasteiger partial charge is 0.406 e. The van der Waals surface area contributed by atoms with Crippen LogP contribution in [0.1, 0.15) is 19.4 Å². The predicted molar refractivity (Wildman–Crippen MR) is 104 cm³/mol. The van der Waals surface area contributed by atoms with Gasteiger partial charge in [-0.25, -0.2) is 8.42 Å². The molecular formula is C19H21F3N2O4S. The third kappa shape index (κ3) is 6.38. The summed E-state index contributed by atoms with van der Waals surface area (Å²) in [6.45, 7) is 3.38. The van der Waals surface area contributed by atoms with Crippen molar-refractivity contribution in [3.8, 4) is 5.75 Å². The molecule has 0 saturated heterocycles. The third-order valence-corrected chi connectivity index (χ3v) is 5.28. The fourth-order valence-corrected chi connectivity index (χ4v) is 3.85. The Kier molecular flexibility index (Phi) is 6.78. The lowest BCUT2D eigenvalue weighted by molar-refractivity contribution is -0.274. The average molecular weight is 430 g/mol. The summed E-state index contributed by atoms with van der Waals surface area (Å²) >= 11 is 0. The van der Waals surface area contributed by atoms with Crippen LogP contribution in [0.4, 0.5) is 24.5 Å². The number of anilines is 2. The molecule has 1 unspecified atom stereocenters. The zero-order valence-corrected chi connectivity index (χ0v) is 16.8. The second kappa shape index (κ2) is 8.73. The molecule has 1 atom stereocenters. The summed E-state index contributed by atoms with van der Waals surface area (Å²) in [6.07, 6.45) is -3.04. The summed E-state index contributed by atoms with van der Waals surface area (Å²) in [7, 11) is -3.77. The molecule has 10 heteroatoms. The van der Waals surface area contributed by atoms with Crippen molar-refractivity contribution >= 4 is 27.3 Å². The van der Waals surface area contributed by atoms with Crippen molar-refractivity contribution in [1.82, 2.24) is 0 Å². The number of ether oxygens (including phenoxy) is 1. The van der Waals surface area contributed by atoms with Crippen LogP contribution in [0.15, 0.2) is 48.5 Å². The van der Waals surface area contributed by atoms with E-state index in [0.717, 1.165) is 34.7 Å².